The van der Waals surface area contributed by atoms with E-state index >= 15 is 0 Å². The second kappa shape index (κ2) is 6.20. The van der Waals surface area contributed by atoms with Gasteiger partial charge >= 0.3 is 0 Å². The summed E-state index contributed by atoms with van der Waals surface area (Å²) in [6, 6.07) is 8.79. The lowest BCUT2D eigenvalue weighted by molar-refractivity contribution is 0.0744. The molecule has 0 aliphatic heterocycles. The van der Waals surface area contributed by atoms with Crippen LogP contribution in [-0.2, 0) is 9.47 Å². The highest BCUT2D eigenvalue weighted by atomic mass is 16.5. The molecule has 22 heavy (non-hydrogen) atoms. The zero-order valence-corrected chi connectivity index (χ0v) is 12.7. The summed E-state index contributed by atoms with van der Waals surface area (Å²) < 4.78 is 16.7. The minimum absolute atomic E-state index is 0.0438. The van der Waals surface area contributed by atoms with Gasteiger partial charge in [-0.25, -0.2) is 0 Å². The highest BCUT2D eigenvalue weighted by molar-refractivity contribution is 5.80. The molecule has 1 aliphatic rings. The highest BCUT2D eigenvalue weighted by Crippen LogP contribution is 2.27. The fraction of sp³-hybridized carbons (Fsp3) is 0.278. The van der Waals surface area contributed by atoms with Crippen molar-refractivity contribution >= 4 is 16.5 Å². The van der Waals surface area contributed by atoms with Crippen molar-refractivity contribution in [1.82, 2.24) is 0 Å². The van der Waals surface area contributed by atoms with Crippen molar-refractivity contribution in [2.75, 3.05) is 14.2 Å². The molecule has 0 saturated carbocycles. The third-order valence-electron chi connectivity index (χ3n) is 3.85. The standard InChI is InChI=1S/C18H18O4/c1-20-16-9-5-6-12(10-18(16)21-2)17-11-14(19)13-7-3-4-8-15(13)22-17/h3-4,6-8,10-11,16H,5,9H2,1-2H3. The predicted molar refractivity (Wildman–Crippen MR) is 85.6 cm³/mol. The summed E-state index contributed by atoms with van der Waals surface area (Å²) in [5.74, 6) is 1.29. The smallest absolute Gasteiger partial charge is 0.193 e. The molecule has 1 aromatic carbocycles. The summed E-state index contributed by atoms with van der Waals surface area (Å²) in [5, 5.41) is 0.589. The van der Waals surface area contributed by atoms with E-state index in [0.29, 0.717) is 16.7 Å². The summed E-state index contributed by atoms with van der Waals surface area (Å²) in [4.78, 5) is 12.2. The van der Waals surface area contributed by atoms with Crippen LogP contribution in [0.25, 0.3) is 16.5 Å². The van der Waals surface area contributed by atoms with Gasteiger partial charge in [0.25, 0.3) is 0 Å². The summed E-state index contributed by atoms with van der Waals surface area (Å²) in [6.45, 7) is 0. The molecule has 0 amide bonds. The number of hydrogen-bond donors (Lipinski definition) is 0. The van der Waals surface area contributed by atoms with Crippen LogP contribution in [0.1, 0.15) is 18.6 Å². The van der Waals surface area contributed by atoms with Gasteiger partial charge in [-0.1, -0.05) is 18.2 Å². The molecule has 2 aromatic rings. The van der Waals surface area contributed by atoms with Gasteiger partial charge in [0.1, 0.15) is 23.2 Å². The molecule has 1 aliphatic carbocycles. The van der Waals surface area contributed by atoms with Crippen LogP contribution < -0.4 is 5.43 Å². The van der Waals surface area contributed by atoms with Crippen molar-refractivity contribution in [3.8, 4) is 0 Å². The number of para-hydroxylation sites is 1. The maximum Gasteiger partial charge on any atom is 0.193 e. The number of methoxy groups -OCH3 is 2. The Morgan fingerprint density at radius 2 is 2.05 bits per heavy atom. The molecule has 1 aromatic heterocycles. The van der Waals surface area contributed by atoms with Crippen molar-refractivity contribution in [1.29, 1.82) is 0 Å². The van der Waals surface area contributed by atoms with E-state index in [4.69, 9.17) is 13.9 Å². The normalized spacial score (nSPS) is 18.5. The lowest BCUT2D eigenvalue weighted by Gasteiger charge is -2.15. The van der Waals surface area contributed by atoms with Crippen LogP contribution in [-0.4, -0.2) is 20.3 Å². The summed E-state index contributed by atoms with van der Waals surface area (Å²) >= 11 is 0. The van der Waals surface area contributed by atoms with Crippen molar-refractivity contribution in [2.45, 2.75) is 18.9 Å². The Hall–Kier alpha value is -2.33. The Morgan fingerprint density at radius 3 is 2.82 bits per heavy atom. The van der Waals surface area contributed by atoms with E-state index in [-0.39, 0.29) is 11.5 Å². The monoisotopic (exact) mass is 298 g/mol. The quantitative estimate of drug-likeness (QED) is 0.870. The maximum absolute atomic E-state index is 12.2. The van der Waals surface area contributed by atoms with Crippen molar-refractivity contribution < 1.29 is 13.9 Å². The predicted octanol–water partition coefficient (Wildman–Crippen LogP) is 3.52. The largest absolute Gasteiger partial charge is 0.498 e. The molecule has 114 valence electrons. The zero-order valence-electron chi connectivity index (χ0n) is 12.7. The van der Waals surface area contributed by atoms with Crippen molar-refractivity contribution in [3.63, 3.8) is 0 Å². The molecule has 0 bridgehead atoms. The van der Waals surface area contributed by atoms with E-state index in [1.54, 1.807) is 26.4 Å². The lowest BCUT2D eigenvalue weighted by atomic mass is 10.1. The molecular formula is C18H18O4. The van der Waals surface area contributed by atoms with Crippen LogP contribution in [0.4, 0.5) is 0 Å². The van der Waals surface area contributed by atoms with Crippen molar-refractivity contribution in [2.24, 2.45) is 0 Å². The Morgan fingerprint density at radius 1 is 1.23 bits per heavy atom. The molecular weight excluding hydrogens is 280 g/mol. The SMILES string of the molecule is COC1=CC(c2cc(=O)c3ccccc3o2)=CCCC1OC. The first kappa shape index (κ1) is 14.6. The number of ether oxygens (including phenoxy) is 2. The van der Waals surface area contributed by atoms with Gasteiger partial charge in [0, 0.05) is 18.7 Å². The van der Waals surface area contributed by atoms with Gasteiger partial charge in [-0.3, -0.25) is 4.79 Å². The van der Waals surface area contributed by atoms with Gasteiger partial charge in [0.05, 0.1) is 12.5 Å². The Bertz CT molecular complexity index is 798. The first-order valence-corrected chi connectivity index (χ1v) is 7.24. The first-order chi connectivity index (χ1) is 10.7. The molecule has 3 rings (SSSR count). The van der Waals surface area contributed by atoms with Gasteiger partial charge < -0.3 is 13.9 Å². The average Bonchev–Trinajstić information content (AvgIpc) is 2.76. The van der Waals surface area contributed by atoms with E-state index in [1.807, 2.05) is 24.3 Å². The second-order valence-corrected chi connectivity index (χ2v) is 5.18. The average molecular weight is 298 g/mol. The number of benzene rings is 1. The van der Waals surface area contributed by atoms with Crippen LogP contribution >= 0.6 is 0 Å². The number of allylic oxidation sites excluding steroid dienone is 3. The van der Waals surface area contributed by atoms with Gasteiger partial charge in [-0.2, -0.15) is 0 Å². The molecule has 0 fully saturated rings. The third-order valence-corrected chi connectivity index (χ3v) is 3.85. The molecule has 4 nitrogen and oxygen atoms in total. The van der Waals surface area contributed by atoms with Gasteiger partial charge in [0.2, 0.25) is 0 Å². The van der Waals surface area contributed by atoms with E-state index in [0.717, 1.165) is 24.2 Å². The van der Waals surface area contributed by atoms with Gasteiger partial charge in [-0.05, 0) is 31.1 Å². The second-order valence-electron chi connectivity index (χ2n) is 5.18. The molecule has 0 N–H and O–H groups in total. The maximum atomic E-state index is 12.2. The molecule has 1 atom stereocenters. The van der Waals surface area contributed by atoms with E-state index in [1.165, 1.54) is 6.07 Å². The fourth-order valence-corrected chi connectivity index (χ4v) is 2.68. The molecule has 0 saturated heterocycles. The third kappa shape index (κ3) is 2.70. The number of rotatable bonds is 3. The van der Waals surface area contributed by atoms with Crippen molar-refractivity contribution in [3.05, 3.63) is 64.2 Å². The Kier molecular flexibility index (Phi) is 4.11. The number of hydrogen-bond acceptors (Lipinski definition) is 4. The summed E-state index contributed by atoms with van der Waals surface area (Å²) in [7, 11) is 3.29. The van der Waals surface area contributed by atoms with E-state index < -0.39 is 0 Å². The molecule has 4 heteroatoms. The van der Waals surface area contributed by atoms with Crippen LogP contribution in [0.2, 0.25) is 0 Å². The minimum Gasteiger partial charge on any atom is -0.498 e. The molecule has 1 heterocycles. The zero-order chi connectivity index (χ0) is 15.5. The van der Waals surface area contributed by atoms with Crippen LogP contribution in [0.15, 0.2) is 57.5 Å². The molecule has 1 unspecified atom stereocenters. The summed E-state index contributed by atoms with van der Waals surface area (Å²) in [6.07, 6.45) is 5.51. The highest BCUT2D eigenvalue weighted by Gasteiger charge is 2.19. The first-order valence-electron chi connectivity index (χ1n) is 7.24. The minimum atomic E-state index is -0.0778. The van der Waals surface area contributed by atoms with Crippen LogP contribution in [0.5, 0.6) is 0 Å². The number of fused-ring (bicyclic) bond motifs is 1. The van der Waals surface area contributed by atoms with Crippen LogP contribution in [0, 0.1) is 0 Å². The fourth-order valence-electron chi connectivity index (χ4n) is 2.68. The van der Waals surface area contributed by atoms with Crippen LogP contribution in [0.3, 0.4) is 0 Å². The molecule has 0 spiro atoms. The topological polar surface area (TPSA) is 48.7 Å². The van der Waals surface area contributed by atoms with E-state index in [2.05, 4.69) is 0 Å². The van der Waals surface area contributed by atoms with Gasteiger partial charge in [0.15, 0.2) is 5.43 Å². The lowest BCUT2D eigenvalue weighted by Crippen LogP contribution is -2.14. The Labute approximate surface area is 128 Å². The summed E-state index contributed by atoms with van der Waals surface area (Å²) in [5.41, 5.74) is 1.39. The van der Waals surface area contributed by atoms with Gasteiger partial charge in [-0.15, -0.1) is 0 Å². The Balaban J connectivity index is 2.10. The van der Waals surface area contributed by atoms with E-state index in [9.17, 15) is 4.79 Å². The molecule has 0 radical (unpaired) electrons.